The summed E-state index contributed by atoms with van der Waals surface area (Å²) in [6.07, 6.45) is 1.78. The van der Waals surface area contributed by atoms with Crippen LogP contribution in [0.2, 0.25) is 0 Å². The first kappa shape index (κ1) is 14.2. The smallest absolute Gasteiger partial charge is 0.265 e. The van der Waals surface area contributed by atoms with E-state index in [1.807, 2.05) is 36.2 Å². The van der Waals surface area contributed by atoms with Gasteiger partial charge in [0.15, 0.2) is 6.10 Å². The van der Waals surface area contributed by atoms with Crippen molar-refractivity contribution in [2.45, 2.75) is 25.0 Å². The Hall–Kier alpha value is -1.75. The van der Waals surface area contributed by atoms with Crippen LogP contribution in [0.5, 0.6) is 5.75 Å². The first-order chi connectivity index (χ1) is 10.1. The Labute approximate surface area is 125 Å². The predicted molar refractivity (Wildman–Crippen MR) is 82.6 cm³/mol. The summed E-state index contributed by atoms with van der Waals surface area (Å²) in [5, 5.41) is 3.28. The molecule has 1 aromatic carbocycles. The molecule has 0 aromatic heterocycles. The lowest BCUT2D eigenvalue weighted by atomic mass is 10.0. The van der Waals surface area contributed by atoms with Gasteiger partial charge < -0.3 is 19.9 Å². The summed E-state index contributed by atoms with van der Waals surface area (Å²) in [5.41, 5.74) is 0.960. The van der Waals surface area contributed by atoms with E-state index in [1.165, 1.54) is 0 Å². The maximum absolute atomic E-state index is 12.7. The van der Waals surface area contributed by atoms with Crippen molar-refractivity contribution in [1.82, 2.24) is 9.80 Å². The van der Waals surface area contributed by atoms with Crippen molar-refractivity contribution in [3.05, 3.63) is 24.3 Å². The van der Waals surface area contributed by atoms with Gasteiger partial charge in [0, 0.05) is 19.6 Å². The number of hydrogen-bond acceptors (Lipinski definition) is 4. The van der Waals surface area contributed by atoms with Crippen molar-refractivity contribution < 1.29 is 9.53 Å². The van der Waals surface area contributed by atoms with Gasteiger partial charge in [0.2, 0.25) is 0 Å². The maximum atomic E-state index is 12.7. The molecule has 2 aliphatic rings. The Kier molecular flexibility index (Phi) is 4.01. The molecule has 2 unspecified atom stereocenters. The van der Waals surface area contributed by atoms with Crippen molar-refractivity contribution in [2.75, 3.05) is 39.0 Å². The molecule has 0 aliphatic carbocycles. The number of hydrogen-bond donors (Lipinski definition) is 1. The second-order valence-corrected chi connectivity index (χ2v) is 5.99. The van der Waals surface area contributed by atoms with E-state index in [9.17, 15) is 4.79 Å². The third-order valence-corrected chi connectivity index (χ3v) is 4.40. The highest BCUT2D eigenvalue weighted by Crippen LogP contribution is 2.29. The number of likely N-dealkylation sites (N-methyl/N-ethyl adjacent to an activating group) is 2. The highest BCUT2D eigenvalue weighted by molar-refractivity contribution is 5.83. The third-order valence-electron chi connectivity index (χ3n) is 4.40. The predicted octanol–water partition coefficient (Wildman–Crippen LogP) is 1.41. The summed E-state index contributed by atoms with van der Waals surface area (Å²) in [4.78, 5) is 16.8. The molecule has 0 radical (unpaired) electrons. The van der Waals surface area contributed by atoms with Crippen molar-refractivity contribution in [3.63, 3.8) is 0 Å². The van der Waals surface area contributed by atoms with Crippen LogP contribution in [0.25, 0.3) is 0 Å². The van der Waals surface area contributed by atoms with E-state index in [-0.39, 0.29) is 11.9 Å². The summed E-state index contributed by atoms with van der Waals surface area (Å²) in [5.74, 6) is 0.827. The number of nitrogens with one attached hydrogen (secondary N) is 1. The molecule has 114 valence electrons. The Balaban J connectivity index is 1.66. The largest absolute Gasteiger partial charge is 0.477 e. The molecule has 3 rings (SSSR count). The Morgan fingerprint density at radius 1 is 1.43 bits per heavy atom. The lowest BCUT2D eigenvalue weighted by molar-refractivity contribution is -0.140. The van der Waals surface area contributed by atoms with Crippen LogP contribution in [0.3, 0.4) is 0 Å². The van der Waals surface area contributed by atoms with Crippen LogP contribution in [-0.4, -0.2) is 61.6 Å². The van der Waals surface area contributed by atoms with E-state index in [0.717, 1.165) is 37.4 Å². The fourth-order valence-corrected chi connectivity index (χ4v) is 3.11. The molecule has 5 nitrogen and oxygen atoms in total. The minimum atomic E-state index is -0.433. The minimum Gasteiger partial charge on any atom is -0.477 e. The van der Waals surface area contributed by atoms with Crippen molar-refractivity contribution in [1.29, 1.82) is 0 Å². The molecule has 2 heterocycles. The average molecular weight is 289 g/mol. The molecule has 0 saturated carbocycles. The first-order valence-electron chi connectivity index (χ1n) is 7.60. The molecular weight excluding hydrogens is 266 g/mol. The van der Waals surface area contributed by atoms with Crippen molar-refractivity contribution in [3.8, 4) is 5.75 Å². The molecule has 1 aromatic rings. The third kappa shape index (κ3) is 2.97. The number of carbonyl (C=O) groups excluding carboxylic acids is 1. The molecule has 21 heavy (non-hydrogen) atoms. The zero-order valence-electron chi connectivity index (χ0n) is 12.7. The molecule has 1 N–H and O–H groups in total. The van der Waals surface area contributed by atoms with Gasteiger partial charge >= 0.3 is 0 Å². The number of piperidine rings is 1. The van der Waals surface area contributed by atoms with E-state index in [4.69, 9.17) is 4.74 Å². The highest BCUT2D eigenvalue weighted by Gasteiger charge is 2.32. The fourth-order valence-electron chi connectivity index (χ4n) is 3.11. The molecule has 2 aliphatic heterocycles. The molecule has 2 atom stereocenters. The number of amides is 1. The highest BCUT2D eigenvalue weighted by atomic mass is 16.5. The number of fused-ring (bicyclic) bond motifs is 1. The fraction of sp³-hybridized carbons (Fsp3) is 0.562. The Morgan fingerprint density at radius 3 is 3.05 bits per heavy atom. The van der Waals surface area contributed by atoms with Gasteiger partial charge in [-0.25, -0.2) is 0 Å². The lowest BCUT2D eigenvalue weighted by Crippen LogP contribution is -2.53. The SMILES string of the molecule is CN1CCCC(N(C)C(=O)C2CNc3ccccc3O2)C1. The van der Waals surface area contributed by atoms with Crippen molar-refractivity contribution >= 4 is 11.6 Å². The number of nitrogens with zero attached hydrogens (tertiary/aromatic N) is 2. The van der Waals surface area contributed by atoms with Gasteiger partial charge in [-0.15, -0.1) is 0 Å². The summed E-state index contributed by atoms with van der Waals surface area (Å²) in [6, 6.07) is 8.04. The van der Waals surface area contributed by atoms with E-state index in [1.54, 1.807) is 0 Å². The van der Waals surface area contributed by atoms with Crippen LogP contribution >= 0.6 is 0 Å². The van der Waals surface area contributed by atoms with Gasteiger partial charge in [0.05, 0.1) is 12.2 Å². The van der Waals surface area contributed by atoms with Crippen molar-refractivity contribution in [2.24, 2.45) is 0 Å². The quantitative estimate of drug-likeness (QED) is 0.894. The number of benzene rings is 1. The normalized spacial score (nSPS) is 25.4. The summed E-state index contributed by atoms with van der Waals surface area (Å²) in [7, 11) is 4.01. The number of para-hydroxylation sites is 2. The van der Waals surface area contributed by atoms with Gasteiger partial charge in [-0.05, 0) is 38.6 Å². The minimum absolute atomic E-state index is 0.0669. The molecule has 0 bridgehead atoms. The van der Waals surface area contributed by atoms with Gasteiger partial charge in [-0.1, -0.05) is 12.1 Å². The van der Waals surface area contributed by atoms with Crippen LogP contribution in [0.4, 0.5) is 5.69 Å². The summed E-state index contributed by atoms with van der Waals surface area (Å²) >= 11 is 0. The maximum Gasteiger partial charge on any atom is 0.265 e. The monoisotopic (exact) mass is 289 g/mol. The van der Waals surface area contributed by atoms with E-state index < -0.39 is 6.10 Å². The molecule has 1 fully saturated rings. The number of carbonyl (C=O) groups is 1. The van der Waals surface area contributed by atoms with E-state index in [2.05, 4.69) is 17.3 Å². The topological polar surface area (TPSA) is 44.8 Å². The van der Waals surface area contributed by atoms with Gasteiger partial charge in [-0.2, -0.15) is 0 Å². The van der Waals surface area contributed by atoms with Crippen LogP contribution in [0.15, 0.2) is 24.3 Å². The standard InChI is InChI=1S/C16H23N3O2/c1-18-9-5-6-12(11-18)19(2)16(20)15-10-17-13-7-3-4-8-14(13)21-15/h3-4,7-8,12,15,17H,5-6,9-11H2,1-2H3. The molecule has 0 spiro atoms. The number of rotatable bonds is 2. The van der Waals surface area contributed by atoms with Gasteiger partial charge in [-0.3, -0.25) is 4.79 Å². The molecular formula is C16H23N3O2. The van der Waals surface area contributed by atoms with Crippen LogP contribution < -0.4 is 10.1 Å². The molecule has 1 saturated heterocycles. The zero-order chi connectivity index (χ0) is 14.8. The number of likely N-dealkylation sites (tertiary alicyclic amines) is 1. The second kappa shape index (κ2) is 5.93. The van der Waals surface area contributed by atoms with Crippen LogP contribution in [-0.2, 0) is 4.79 Å². The van der Waals surface area contributed by atoms with Crippen LogP contribution in [0, 0.1) is 0 Å². The number of anilines is 1. The zero-order valence-corrected chi connectivity index (χ0v) is 12.7. The molecule has 1 amide bonds. The second-order valence-electron chi connectivity index (χ2n) is 5.99. The van der Waals surface area contributed by atoms with Crippen LogP contribution in [0.1, 0.15) is 12.8 Å². The first-order valence-corrected chi connectivity index (χ1v) is 7.60. The summed E-state index contributed by atoms with van der Waals surface area (Å²) < 4.78 is 5.87. The summed E-state index contributed by atoms with van der Waals surface area (Å²) in [6.45, 7) is 2.59. The Bertz CT molecular complexity index is 520. The Morgan fingerprint density at radius 2 is 2.24 bits per heavy atom. The van der Waals surface area contributed by atoms with E-state index in [0.29, 0.717) is 6.54 Å². The molecule has 5 heteroatoms. The average Bonchev–Trinajstić information content (AvgIpc) is 2.53. The van der Waals surface area contributed by atoms with Gasteiger partial charge in [0.1, 0.15) is 5.75 Å². The lowest BCUT2D eigenvalue weighted by Gasteiger charge is -2.38. The van der Waals surface area contributed by atoms with E-state index >= 15 is 0 Å². The van der Waals surface area contributed by atoms with Gasteiger partial charge in [0.25, 0.3) is 5.91 Å². The number of ether oxygens (including phenoxy) is 1.